The van der Waals surface area contributed by atoms with E-state index in [0.717, 1.165) is 35.9 Å². The van der Waals surface area contributed by atoms with Crippen molar-refractivity contribution in [2.24, 2.45) is 5.92 Å². The molecular formula is C16H25N3O. The fourth-order valence-corrected chi connectivity index (χ4v) is 2.54. The summed E-state index contributed by atoms with van der Waals surface area (Å²) >= 11 is 0. The van der Waals surface area contributed by atoms with Gasteiger partial charge >= 0.3 is 0 Å². The minimum Gasteiger partial charge on any atom is -0.399 e. The van der Waals surface area contributed by atoms with Crippen LogP contribution in [0.5, 0.6) is 0 Å². The second-order valence-corrected chi connectivity index (χ2v) is 5.93. The number of aryl methyl sites for hydroxylation is 1. The van der Waals surface area contributed by atoms with Crippen LogP contribution in [-0.4, -0.2) is 30.9 Å². The molecule has 0 aliphatic heterocycles. The molecule has 0 bridgehead atoms. The van der Waals surface area contributed by atoms with Crippen LogP contribution in [0.4, 0.5) is 11.4 Å². The Bertz CT molecular complexity index is 469. The molecule has 1 aromatic rings. The highest BCUT2D eigenvalue weighted by molar-refractivity contribution is 5.91. The van der Waals surface area contributed by atoms with Crippen molar-refractivity contribution in [3.63, 3.8) is 0 Å². The van der Waals surface area contributed by atoms with Crippen molar-refractivity contribution in [1.29, 1.82) is 0 Å². The number of carbonyl (C=O) groups excluding carboxylic acids is 1. The Morgan fingerprint density at radius 1 is 1.45 bits per heavy atom. The molecule has 1 aliphatic rings. The number of nitrogen functional groups attached to an aromatic ring is 1. The van der Waals surface area contributed by atoms with Crippen LogP contribution in [0.15, 0.2) is 18.2 Å². The first kappa shape index (κ1) is 14.9. The molecular weight excluding hydrogens is 250 g/mol. The van der Waals surface area contributed by atoms with Crippen molar-refractivity contribution in [2.75, 3.05) is 31.2 Å². The van der Waals surface area contributed by atoms with E-state index in [1.165, 1.54) is 19.3 Å². The quantitative estimate of drug-likeness (QED) is 0.785. The third-order valence-corrected chi connectivity index (χ3v) is 4.04. The molecule has 0 radical (unpaired) electrons. The van der Waals surface area contributed by atoms with Crippen LogP contribution >= 0.6 is 0 Å². The van der Waals surface area contributed by atoms with E-state index in [9.17, 15) is 4.79 Å². The Kier molecular flexibility index (Phi) is 5.01. The maximum atomic E-state index is 12.0. The zero-order valence-corrected chi connectivity index (χ0v) is 12.5. The molecule has 1 aliphatic carbocycles. The summed E-state index contributed by atoms with van der Waals surface area (Å²) in [5, 5.41) is 2.95. The smallest absolute Gasteiger partial charge is 0.225 e. The van der Waals surface area contributed by atoms with Gasteiger partial charge in [0.15, 0.2) is 0 Å². The molecule has 0 atom stereocenters. The molecule has 20 heavy (non-hydrogen) atoms. The Labute approximate surface area is 121 Å². The number of nitrogens with one attached hydrogen (secondary N) is 1. The average molecular weight is 275 g/mol. The molecule has 110 valence electrons. The van der Waals surface area contributed by atoms with Gasteiger partial charge in [0.2, 0.25) is 5.91 Å². The van der Waals surface area contributed by atoms with Gasteiger partial charge in [0.05, 0.1) is 0 Å². The molecule has 0 aromatic heterocycles. The minimum atomic E-state index is 0.0679. The van der Waals surface area contributed by atoms with Gasteiger partial charge in [0.1, 0.15) is 0 Å². The lowest BCUT2D eigenvalue weighted by Gasteiger charge is -2.30. The standard InChI is InChI=1S/C16H25N3O/c1-12-10-14(17)6-7-15(12)18-16(20)8-9-19(2)11-13-4-3-5-13/h6-7,10,13H,3-5,8-9,11,17H2,1-2H3,(H,18,20). The Balaban J connectivity index is 1.74. The molecule has 2 rings (SSSR count). The van der Waals surface area contributed by atoms with Gasteiger partial charge < -0.3 is 16.0 Å². The number of amides is 1. The fourth-order valence-electron chi connectivity index (χ4n) is 2.54. The van der Waals surface area contributed by atoms with Gasteiger partial charge in [-0.05, 0) is 56.5 Å². The van der Waals surface area contributed by atoms with Gasteiger partial charge in [0.25, 0.3) is 0 Å². The van der Waals surface area contributed by atoms with Crippen LogP contribution in [0, 0.1) is 12.8 Å². The molecule has 0 saturated heterocycles. The van der Waals surface area contributed by atoms with Crippen molar-refractivity contribution in [3.05, 3.63) is 23.8 Å². The third-order valence-electron chi connectivity index (χ3n) is 4.04. The van der Waals surface area contributed by atoms with E-state index in [2.05, 4.69) is 17.3 Å². The maximum absolute atomic E-state index is 12.0. The number of rotatable bonds is 6. The van der Waals surface area contributed by atoms with Gasteiger partial charge in [-0.3, -0.25) is 4.79 Å². The predicted octanol–water partition coefficient (Wildman–Crippen LogP) is 2.64. The topological polar surface area (TPSA) is 58.4 Å². The lowest BCUT2D eigenvalue weighted by molar-refractivity contribution is -0.116. The summed E-state index contributed by atoms with van der Waals surface area (Å²) in [6, 6.07) is 5.55. The molecule has 3 N–H and O–H groups in total. The monoisotopic (exact) mass is 275 g/mol. The first-order valence-electron chi connectivity index (χ1n) is 7.39. The van der Waals surface area contributed by atoms with Crippen molar-refractivity contribution in [1.82, 2.24) is 4.90 Å². The first-order valence-corrected chi connectivity index (χ1v) is 7.39. The van der Waals surface area contributed by atoms with Crippen LogP contribution < -0.4 is 11.1 Å². The molecule has 1 amide bonds. The van der Waals surface area contributed by atoms with E-state index in [-0.39, 0.29) is 5.91 Å². The number of benzene rings is 1. The molecule has 0 unspecified atom stereocenters. The van der Waals surface area contributed by atoms with Crippen molar-refractivity contribution < 1.29 is 4.79 Å². The fraction of sp³-hybridized carbons (Fsp3) is 0.562. The first-order chi connectivity index (χ1) is 9.54. The van der Waals surface area contributed by atoms with Gasteiger partial charge in [-0.15, -0.1) is 0 Å². The van der Waals surface area contributed by atoms with E-state index >= 15 is 0 Å². The Morgan fingerprint density at radius 3 is 2.80 bits per heavy atom. The molecule has 1 fully saturated rings. The lowest BCUT2D eigenvalue weighted by atomic mass is 9.85. The van der Waals surface area contributed by atoms with Crippen LogP contribution in [-0.2, 0) is 4.79 Å². The van der Waals surface area contributed by atoms with Crippen LogP contribution in [0.25, 0.3) is 0 Å². The van der Waals surface area contributed by atoms with Gasteiger partial charge in [-0.2, -0.15) is 0 Å². The summed E-state index contributed by atoms with van der Waals surface area (Å²) in [5.74, 6) is 0.917. The minimum absolute atomic E-state index is 0.0679. The highest BCUT2D eigenvalue weighted by Crippen LogP contribution is 2.26. The summed E-state index contributed by atoms with van der Waals surface area (Å²) in [7, 11) is 2.10. The van der Waals surface area contributed by atoms with Crippen molar-refractivity contribution in [3.8, 4) is 0 Å². The molecule has 4 heteroatoms. The van der Waals surface area contributed by atoms with Crippen molar-refractivity contribution in [2.45, 2.75) is 32.6 Å². The van der Waals surface area contributed by atoms with Gasteiger partial charge in [0, 0.05) is 30.9 Å². The van der Waals surface area contributed by atoms with Gasteiger partial charge in [-0.1, -0.05) is 6.42 Å². The number of nitrogens with zero attached hydrogens (tertiary/aromatic N) is 1. The summed E-state index contributed by atoms with van der Waals surface area (Å²) in [6.07, 6.45) is 4.60. The SMILES string of the molecule is Cc1cc(N)ccc1NC(=O)CCN(C)CC1CCC1. The third kappa shape index (κ3) is 4.23. The number of hydrogen-bond donors (Lipinski definition) is 2. The number of carbonyl (C=O) groups is 1. The number of nitrogens with two attached hydrogens (primary N) is 1. The highest BCUT2D eigenvalue weighted by Gasteiger charge is 2.19. The Morgan fingerprint density at radius 2 is 2.20 bits per heavy atom. The van der Waals surface area contributed by atoms with E-state index in [4.69, 9.17) is 5.73 Å². The molecule has 0 spiro atoms. The van der Waals surface area contributed by atoms with Crippen LogP contribution in [0.1, 0.15) is 31.2 Å². The van der Waals surface area contributed by atoms with E-state index in [1.54, 1.807) is 0 Å². The molecule has 1 aromatic carbocycles. The van der Waals surface area contributed by atoms with Crippen LogP contribution in [0.2, 0.25) is 0 Å². The largest absolute Gasteiger partial charge is 0.399 e. The van der Waals surface area contributed by atoms with Gasteiger partial charge in [-0.25, -0.2) is 0 Å². The second kappa shape index (κ2) is 6.75. The van der Waals surface area contributed by atoms with E-state index < -0.39 is 0 Å². The summed E-state index contributed by atoms with van der Waals surface area (Å²) in [6.45, 7) is 3.89. The Hall–Kier alpha value is -1.55. The van der Waals surface area contributed by atoms with Crippen molar-refractivity contribution >= 4 is 17.3 Å². The predicted molar refractivity (Wildman–Crippen MR) is 83.7 cm³/mol. The average Bonchev–Trinajstić information content (AvgIpc) is 2.35. The zero-order chi connectivity index (χ0) is 14.5. The summed E-state index contributed by atoms with van der Waals surface area (Å²) in [4.78, 5) is 14.2. The number of anilines is 2. The lowest BCUT2D eigenvalue weighted by Crippen LogP contribution is -2.31. The normalized spacial score (nSPS) is 15.2. The second-order valence-electron chi connectivity index (χ2n) is 5.93. The number of hydrogen-bond acceptors (Lipinski definition) is 3. The van der Waals surface area contributed by atoms with Crippen LogP contribution in [0.3, 0.4) is 0 Å². The molecule has 4 nitrogen and oxygen atoms in total. The molecule has 1 saturated carbocycles. The summed E-state index contributed by atoms with van der Waals surface area (Å²) < 4.78 is 0. The highest BCUT2D eigenvalue weighted by atomic mass is 16.1. The van der Waals surface area contributed by atoms with E-state index in [1.807, 2.05) is 25.1 Å². The maximum Gasteiger partial charge on any atom is 0.225 e. The zero-order valence-electron chi connectivity index (χ0n) is 12.5. The van der Waals surface area contributed by atoms with E-state index in [0.29, 0.717) is 6.42 Å². The summed E-state index contributed by atoms with van der Waals surface area (Å²) in [5.41, 5.74) is 8.28. The molecule has 0 heterocycles.